The van der Waals surface area contributed by atoms with Gasteiger partial charge < -0.3 is 0 Å². The number of allylic oxidation sites excluding steroid dienone is 1. The number of hydrogen-bond acceptors (Lipinski definition) is 2. The molecular weight excluding hydrogens is 374 g/mol. The Balaban J connectivity index is 3.02. The van der Waals surface area contributed by atoms with Crippen LogP contribution in [0, 0.1) is 6.92 Å². The first-order valence-electron chi connectivity index (χ1n) is 7.97. The van der Waals surface area contributed by atoms with Gasteiger partial charge in [0, 0.05) is 10.7 Å². The lowest BCUT2D eigenvalue weighted by Gasteiger charge is -2.25. The van der Waals surface area contributed by atoms with Crippen LogP contribution in [0.3, 0.4) is 0 Å². The van der Waals surface area contributed by atoms with E-state index >= 15 is 0 Å². The number of sulfonamides is 1. The van der Waals surface area contributed by atoms with Crippen molar-refractivity contribution in [3.05, 3.63) is 53.2 Å². The molecule has 0 saturated carbocycles. The van der Waals surface area contributed by atoms with Gasteiger partial charge in [-0.25, -0.2) is 8.42 Å². The van der Waals surface area contributed by atoms with E-state index in [9.17, 15) is 8.42 Å². The molecule has 0 aliphatic heterocycles. The van der Waals surface area contributed by atoms with Gasteiger partial charge in [0.15, 0.2) is 0 Å². The van der Waals surface area contributed by atoms with Crippen LogP contribution in [-0.2, 0) is 10.0 Å². The quantitative estimate of drug-likeness (QED) is 0.391. The monoisotopic (exact) mass is 399 g/mol. The summed E-state index contributed by atoms with van der Waals surface area (Å²) in [6.07, 6.45) is 6.75. The van der Waals surface area contributed by atoms with Crippen molar-refractivity contribution < 1.29 is 8.42 Å². The summed E-state index contributed by atoms with van der Waals surface area (Å²) in [5.41, 5.74) is 1.80. The lowest BCUT2D eigenvalue weighted by atomic mass is 10.1. The molecule has 0 unspecified atom stereocenters. The van der Waals surface area contributed by atoms with Crippen LogP contribution in [0.25, 0.3) is 0 Å². The second kappa shape index (κ2) is 9.93. The molecule has 3 nitrogen and oxygen atoms in total. The van der Waals surface area contributed by atoms with Gasteiger partial charge in [-0.3, -0.25) is 4.31 Å². The molecule has 0 bridgehead atoms. The van der Waals surface area contributed by atoms with Crippen LogP contribution in [0.1, 0.15) is 44.6 Å². The summed E-state index contributed by atoms with van der Waals surface area (Å²) in [4.78, 5) is 2.03. The van der Waals surface area contributed by atoms with Gasteiger partial charge in [-0.2, -0.15) is 0 Å². The van der Waals surface area contributed by atoms with Gasteiger partial charge in [0.05, 0.1) is 11.4 Å². The van der Waals surface area contributed by atoms with Crippen molar-refractivity contribution in [3.8, 4) is 0 Å². The average molecular weight is 400 g/mol. The normalized spacial score (nSPS) is 12.2. The van der Waals surface area contributed by atoms with Crippen molar-refractivity contribution in [1.29, 1.82) is 0 Å². The molecule has 5 heteroatoms. The first-order valence-corrected chi connectivity index (χ1v) is 10.3. The van der Waals surface area contributed by atoms with Crippen LogP contribution >= 0.6 is 15.9 Å². The number of halogens is 1. The zero-order chi connectivity index (χ0) is 17.3. The summed E-state index contributed by atoms with van der Waals surface area (Å²) in [7, 11) is -3.57. The lowest BCUT2D eigenvalue weighted by Crippen LogP contribution is -2.30. The molecule has 1 rings (SSSR count). The van der Waals surface area contributed by atoms with Crippen LogP contribution < -0.4 is 0 Å². The highest BCUT2D eigenvalue weighted by Crippen LogP contribution is 2.25. The van der Waals surface area contributed by atoms with E-state index in [2.05, 4.69) is 29.4 Å². The third-order valence-corrected chi connectivity index (χ3v) is 6.00. The van der Waals surface area contributed by atoms with Crippen molar-refractivity contribution in [1.82, 2.24) is 4.31 Å². The predicted octanol–water partition coefficient (Wildman–Crippen LogP) is 5.38. The molecule has 0 heterocycles. The van der Waals surface area contributed by atoms with Crippen LogP contribution in [0.2, 0.25) is 0 Å². The number of rotatable bonds is 10. The second-order valence-electron chi connectivity index (χ2n) is 5.55. The molecule has 128 valence electrons. The molecule has 0 spiro atoms. The highest BCUT2D eigenvalue weighted by molar-refractivity contribution is 9.11. The summed E-state index contributed by atoms with van der Waals surface area (Å²) in [6, 6.07) is 6.95. The Labute approximate surface area is 149 Å². The standard InChI is InChI=1S/C18H26BrNO2S/c1-4-6-7-8-9-17(15-19)20(14-5-2)23(21,22)18-12-10-16(3)11-13-18/h5,10-13,15H,2,4,6-9,14H2,1,3H3. The molecule has 0 amide bonds. The minimum absolute atomic E-state index is 0.265. The second-order valence-corrected chi connectivity index (χ2v) is 7.87. The Morgan fingerprint density at radius 3 is 2.39 bits per heavy atom. The Kier molecular flexibility index (Phi) is 8.63. The Morgan fingerprint density at radius 2 is 1.87 bits per heavy atom. The van der Waals surface area contributed by atoms with E-state index in [1.807, 2.05) is 19.1 Å². The van der Waals surface area contributed by atoms with Crippen LogP contribution in [-0.4, -0.2) is 19.3 Å². The molecule has 1 aromatic rings. The molecule has 0 aliphatic rings. The highest BCUT2D eigenvalue weighted by Gasteiger charge is 2.25. The summed E-state index contributed by atoms with van der Waals surface area (Å²) < 4.78 is 27.3. The molecular formula is C18H26BrNO2S. The van der Waals surface area contributed by atoms with Crippen molar-refractivity contribution in [2.24, 2.45) is 0 Å². The highest BCUT2D eigenvalue weighted by atomic mass is 79.9. The van der Waals surface area contributed by atoms with Crippen molar-refractivity contribution in [2.45, 2.75) is 50.8 Å². The van der Waals surface area contributed by atoms with Crippen LogP contribution in [0.5, 0.6) is 0 Å². The third kappa shape index (κ3) is 5.81. The van der Waals surface area contributed by atoms with Gasteiger partial charge in [-0.15, -0.1) is 6.58 Å². The fourth-order valence-electron chi connectivity index (χ4n) is 2.29. The Morgan fingerprint density at radius 1 is 1.22 bits per heavy atom. The predicted molar refractivity (Wildman–Crippen MR) is 101 cm³/mol. The summed E-state index contributed by atoms with van der Waals surface area (Å²) in [5.74, 6) is 0. The van der Waals surface area contributed by atoms with E-state index < -0.39 is 10.0 Å². The topological polar surface area (TPSA) is 37.4 Å². The molecule has 0 radical (unpaired) electrons. The van der Waals surface area contributed by atoms with Crippen molar-refractivity contribution in [2.75, 3.05) is 6.54 Å². The molecule has 0 aliphatic carbocycles. The Bertz CT molecular complexity index is 621. The fourth-order valence-corrected chi connectivity index (χ4v) is 4.39. The summed E-state index contributed by atoms with van der Waals surface area (Å²) >= 11 is 3.33. The van der Waals surface area contributed by atoms with Crippen molar-refractivity contribution in [3.63, 3.8) is 0 Å². The minimum atomic E-state index is -3.57. The number of aryl methyl sites for hydroxylation is 1. The molecule has 1 aromatic carbocycles. The number of nitrogens with zero attached hydrogens (tertiary/aromatic N) is 1. The van der Waals surface area contributed by atoms with Gasteiger partial charge in [0.2, 0.25) is 0 Å². The van der Waals surface area contributed by atoms with E-state index in [0.29, 0.717) is 4.90 Å². The van der Waals surface area contributed by atoms with Crippen LogP contribution in [0.4, 0.5) is 0 Å². The summed E-state index contributed by atoms with van der Waals surface area (Å²) in [5, 5.41) is 0. The maximum absolute atomic E-state index is 12.9. The first-order chi connectivity index (χ1) is 11.0. The maximum atomic E-state index is 12.9. The van der Waals surface area contributed by atoms with Crippen LogP contribution in [0.15, 0.2) is 52.5 Å². The molecule has 0 saturated heterocycles. The number of benzene rings is 1. The maximum Gasteiger partial charge on any atom is 0.264 e. The average Bonchev–Trinajstić information content (AvgIpc) is 2.54. The fraction of sp³-hybridized carbons (Fsp3) is 0.444. The van der Waals surface area contributed by atoms with E-state index in [4.69, 9.17) is 0 Å². The van der Waals surface area contributed by atoms with E-state index in [0.717, 1.165) is 36.9 Å². The van der Waals surface area contributed by atoms with Gasteiger partial charge in [0.25, 0.3) is 10.0 Å². The third-order valence-electron chi connectivity index (χ3n) is 3.64. The lowest BCUT2D eigenvalue weighted by molar-refractivity contribution is 0.484. The smallest absolute Gasteiger partial charge is 0.264 e. The number of unbranched alkanes of at least 4 members (excludes halogenated alkanes) is 3. The molecule has 0 N–H and O–H groups in total. The molecule has 0 fully saturated rings. The van der Waals surface area contributed by atoms with E-state index in [-0.39, 0.29) is 6.54 Å². The van der Waals surface area contributed by atoms with Gasteiger partial charge >= 0.3 is 0 Å². The number of hydrogen-bond donors (Lipinski definition) is 0. The van der Waals surface area contributed by atoms with Gasteiger partial charge in [0.1, 0.15) is 0 Å². The molecule has 0 atom stereocenters. The van der Waals surface area contributed by atoms with E-state index in [1.54, 1.807) is 23.2 Å². The molecule has 23 heavy (non-hydrogen) atoms. The summed E-state index contributed by atoms with van der Waals surface area (Å²) in [6.45, 7) is 8.06. The van der Waals surface area contributed by atoms with E-state index in [1.165, 1.54) is 10.7 Å². The van der Waals surface area contributed by atoms with Gasteiger partial charge in [-0.1, -0.05) is 65.9 Å². The zero-order valence-corrected chi connectivity index (χ0v) is 16.4. The largest absolute Gasteiger partial charge is 0.266 e. The SMILES string of the molecule is C=CCN(C(=CBr)CCCCCC)S(=O)(=O)c1ccc(C)cc1. The first kappa shape index (κ1) is 20.0. The molecule has 0 aromatic heterocycles. The zero-order valence-electron chi connectivity index (χ0n) is 14.0. The minimum Gasteiger partial charge on any atom is -0.266 e. The Hall–Kier alpha value is -1.07. The van der Waals surface area contributed by atoms with Crippen molar-refractivity contribution >= 4 is 26.0 Å². The van der Waals surface area contributed by atoms with Gasteiger partial charge in [-0.05, 0) is 31.9 Å².